The number of carbonyl (C=O) groups is 2. The van der Waals surface area contributed by atoms with E-state index in [-0.39, 0.29) is 23.0 Å². The largest absolute Gasteiger partial charge is 0.507 e. The quantitative estimate of drug-likeness (QED) is 0.360. The van der Waals surface area contributed by atoms with Crippen LogP contribution in [0.1, 0.15) is 50.8 Å². The Morgan fingerprint density at radius 1 is 1.19 bits per heavy atom. The van der Waals surface area contributed by atoms with E-state index in [4.69, 9.17) is 9.47 Å². The molecule has 3 rings (SSSR count). The first-order valence-corrected chi connectivity index (χ1v) is 10.7. The minimum absolute atomic E-state index is 0.0144. The van der Waals surface area contributed by atoms with E-state index in [1.54, 1.807) is 24.3 Å². The number of carbonyl (C=O) groups excluding carboxylic acids is 2. The average Bonchev–Trinajstić information content (AvgIpc) is 3.01. The third-order valence-electron chi connectivity index (χ3n) is 5.25. The maximum absolute atomic E-state index is 14.0. The molecule has 1 N–H and O–H groups in total. The van der Waals surface area contributed by atoms with Crippen molar-refractivity contribution in [3.63, 3.8) is 0 Å². The second-order valence-corrected chi connectivity index (χ2v) is 7.93. The lowest BCUT2D eigenvalue weighted by Crippen LogP contribution is -2.30. The number of benzene rings is 2. The predicted octanol–water partition coefficient (Wildman–Crippen LogP) is 4.84. The zero-order chi connectivity index (χ0) is 23.4. The number of amides is 1. The number of likely N-dealkylation sites (tertiary alicyclic amines) is 1. The zero-order valence-electron chi connectivity index (χ0n) is 18.7. The molecule has 0 bridgehead atoms. The van der Waals surface area contributed by atoms with Crippen molar-refractivity contribution < 1.29 is 28.6 Å². The molecule has 0 spiro atoms. The fraction of sp³-hybridized carbons (Fsp3) is 0.360. The van der Waals surface area contributed by atoms with Crippen LogP contribution in [-0.2, 0) is 9.59 Å². The van der Waals surface area contributed by atoms with Crippen LogP contribution in [0.3, 0.4) is 0 Å². The zero-order valence-corrected chi connectivity index (χ0v) is 18.7. The lowest BCUT2D eigenvalue weighted by atomic mass is 9.94. The van der Waals surface area contributed by atoms with Crippen molar-refractivity contribution in [2.45, 2.75) is 45.8 Å². The molecule has 1 saturated heterocycles. The molecule has 0 aromatic heterocycles. The monoisotopic (exact) mass is 441 g/mol. The van der Waals surface area contributed by atoms with Gasteiger partial charge in [-0.05, 0) is 56.2 Å². The molecule has 170 valence electrons. The minimum atomic E-state index is -0.828. The van der Waals surface area contributed by atoms with Crippen molar-refractivity contribution in [2.75, 3.05) is 13.7 Å². The minimum Gasteiger partial charge on any atom is -0.507 e. The van der Waals surface area contributed by atoms with Gasteiger partial charge in [-0.25, -0.2) is 4.39 Å². The van der Waals surface area contributed by atoms with Crippen molar-refractivity contribution >= 4 is 17.4 Å². The third kappa shape index (κ3) is 4.61. The van der Waals surface area contributed by atoms with E-state index in [0.29, 0.717) is 24.3 Å². The van der Waals surface area contributed by atoms with E-state index >= 15 is 0 Å². The summed E-state index contributed by atoms with van der Waals surface area (Å²) in [6.07, 6.45) is 1.45. The van der Waals surface area contributed by atoms with Gasteiger partial charge in [-0.2, -0.15) is 0 Å². The summed E-state index contributed by atoms with van der Waals surface area (Å²) in [7, 11) is 1.38. The van der Waals surface area contributed by atoms with Gasteiger partial charge in [0.2, 0.25) is 0 Å². The molecule has 7 heteroatoms. The number of ether oxygens (including phenoxy) is 2. The van der Waals surface area contributed by atoms with Gasteiger partial charge in [-0.3, -0.25) is 9.59 Å². The van der Waals surface area contributed by atoms with E-state index < -0.39 is 29.3 Å². The molecule has 0 radical (unpaired) electrons. The highest BCUT2D eigenvalue weighted by atomic mass is 19.1. The summed E-state index contributed by atoms with van der Waals surface area (Å²) in [6.45, 7) is 6.13. The molecule has 1 aliphatic heterocycles. The fourth-order valence-corrected chi connectivity index (χ4v) is 3.83. The van der Waals surface area contributed by atoms with Gasteiger partial charge in [0.1, 0.15) is 23.1 Å². The summed E-state index contributed by atoms with van der Waals surface area (Å²) in [4.78, 5) is 27.4. The fourth-order valence-electron chi connectivity index (χ4n) is 3.83. The Labute approximate surface area is 187 Å². The molecule has 0 saturated carbocycles. The molecule has 1 amide bonds. The maximum Gasteiger partial charge on any atom is 0.295 e. The molecule has 1 aliphatic rings. The molecular weight excluding hydrogens is 413 g/mol. The summed E-state index contributed by atoms with van der Waals surface area (Å²) in [5.41, 5.74) is 0.535. The van der Waals surface area contributed by atoms with Gasteiger partial charge < -0.3 is 19.5 Å². The van der Waals surface area contributed by atoms with Crippen molar-refractivity contribution in [3.8, 4) is 11.5 Å². The highest BCUT2D eigenvalue weighted by Crippen LogP contribution is 2.41. The van der Waals surface area contributed by atoms with Gasteiger partial charge in [0.25, 0.3) is 11.7 Å². The van der Waals surface area contributed by atoms with Gasteiger partial charge in [0.05, 0.1) is 30.4 Å². The summed E-state index contributed by atoms with van der Waals surface area (Å²) in [6, 6.07) is 9.91. The summed E-state index contributed by atoms with van der Waals surface area (Å²) >= 11 is 0. The molecule has 2 aromatic carbocycles. The van der Waals surface area contributed by atoms with E-state index in [0.717, 1.165) is 12.5 Å². The van der Waals surface area contributed by atoms with Crippen molar-refractivity contribution in [2.24, 2.45) is 0 Å². The molecule has 0 aliphatic carbocycles. The first-order chi connectivity index (χ1) is 15.3. The molecule has 6 nitrogen and oxygen atoms in total. The van der Waals surface area contributed by atoms with Crippen LogP contribution in [0.15, 0.2) is 48.0 Å². The highest BCUT2D eigenvalue weighted by Gasteiger charge is 2.46. The normalized spacial score (nSPS) is 17.8. The SMILES string of the molecule is CCCCN1C(=O)C(=O)/C(=C(/O)c2cc(F)ccc2OC)C1c1cccc(OC(C)C)c1. The number of ketones is 1. The number of aliphatic hydroxyl groups is 1. The van der Waals surface area contributed by atoms with Crippen LogP contribution in [0.4, 0.5) is 4.39 Å². The molecule has 1 unspecified atom stereocenters. The predicted molar refractivity (Wildman–Crippen MR) is 119 cm³/mol. The summed E-state index contributed by atoms with van der Waals surface area (Å²) in [5, 5.41) is 11.1. The van der Waals surface area contributed by atoms with Crippen LogP contribution in [-0.4, -0.2) is 41.5 Å². The van der Waals surface area contributed by atoms with Gasteiger partial charge in [-0.15, -0.1) is 0 Å². The van der Waals surface area contributed by atoms with Crippen LogP contribution >= 0.6 is 0 Å². The molecule has 1 heterocycles. The second kappa shape index (κ2) is 9.85. The Balaban J connectivity index is 2.21. The topological polar surface area (TPSA) is 76.1 Å². The van der Waals surface area contributed by atoms with Crippen LogP contribution in [0.25, 0.3) is 5.76 Å². The molecule has 32 heavy (non-hydrogen) atoms. The number of rotatable bonds is 8. The van der Waals surface area contributed by atoms with Crippen LogP contribution in [0, 0.1) is 5.82 Å². The number of Topliss-reactive ketones (excluding diaryl/α,β-unsaturated/α-hetero) is 1. The smallest absolute Gasteiger partial charge is 0.295 e. The van der Waals surface area contributed by atoms with Gasteiger partial charge in [-0.1, -0.05) is 25.5 Å². The van der Waals surface area contributed by atoms with E-state index in [2.05, 4.69) is 0 Å². The number of unbranched alkanes of at least 4 members (excludes halogenated alkanes) is 1. The Morgan fingerprint density at radius 2 is 1.94 bits per heavy atom. The number of aliphatic hydroxyl groups excluding tert-OH is 1. The van der Waals surface area contributed by atoms with Crippen LogP contribution < -0.4 is 9.47 Å². The Kier molecular flexibility index (Phi) is 7.18. The average molecular weight is 441 g/mol. The molecule has 1 fully saturated rings. The van der Waals surface area contributed by atoms with E-state index in [1.807, 2.05) is 20.8 Å². The summed E-state index contributed by atoms with van der Waals surface area (Å²) < 4.78 is 25.0. The van der Waals surface area contributed by atoms with Crippen LogP contribution in [0.2, 0.25) is 0 Å². The van der Waals surface area contributed by atoms with Crippen molar-refractivity contribution in [1.29, 1.82) is 0 Å². The van der Waals surface area contributed by atoms with Crippen molar-refractivity contribution in [1.82, 2.24) is 4.90 Å². The number of methoxy groups -OCH3 is 1. The number of nitrogens with zero attached hydrogens (tertiary/aromatic N) is 1. The lowest BCUT2D eigenvalue weighted by molar-refractivity contribution is -0.139. The highest BCUT2D eigenvalue weighted by molar-refractivity contribution is 6.46. The third-order valence-corrected chi connectivity index (χ3v) is 5.25. The molecular formula is C25H28FNO5. The van der Waals surface area contributed by atoms with Gasteiger partial charge in [0, 0.05) is 6.54 Å². The number of hydrogen-bond donors (Lipinski definition) is 1. The van der Waals surface area contributed by atoms with Crippen LogP contribution in [0.5, 0.6) is 11.5 Å². The lowest BCUT2D eigenvalue weighted by Gasteiger charge is -2.26. The Morgan fingerprint density at radius 3 is 2.59 bits per heavy atom. The number of halogens is 1. The Hall–Kier alpha value is -3.35. The first kappa shape index (κ1) is 23.3. The van der Waals surface area contributed by atoms with Crippen molar-refractivity contribution in [3.05, 3.63) is 65.0 Å². The van der Waals surface area contributed by atoms with Gasteiger partial charge in [0.15, 0.2) is 0 Å². The van der Waals surface area contributed by atoms with E-state index in [9.17, 15) is 19.1 Å². The second-order valence-electron chi connectivity index (χ2n) is 7.93. The van der Waals surface area contributed by atoms with Gasteiger partial charge >= 0.3 is 0 Å². The standard InChI is InChI=1S/C25H28FNO5/c1-5-6-12-27-22(16-8-7-9-18(13-16)32-15(2)3)21(24(29)25(27)30)23(28)19-14-17(26)10-11-20(19)31-4/h7-11,13-15,22,28H,5-6,12H2,1-4H3/b23-21+. The summed E-state index contributed by atoms with van der Waals surface area (Å²) in [5.74, 6) is -1.81. The molecule has 1 atom stereocenters. The van der Waals surface area contributed by atoms with E-state index in [1.165, 1.54) is 24.1 Å². The number of hydrogen-bond acceptors (Lipinski definition) is 5. The molecule has 2 aromatic rings. The maximum atomic E-state index is 14.0. The Bertz CT molecular complexity index is 1050. The first-order valence-electron chi connectivity index (χ1n) is 10.7.